The van der Waals surface area contributed by atoms with Crippen molar-refractivity contribution in [1.82, 2.24) is 4.90 Å². The number of hydrogen-bond donors (Lipinski definition) is 1. The molecule has 0 aliphatic carbocycles. The van der Waals surface area contributed by atoms with Gasteiger partial charge in [0, 0.05) is 19.0 Å². The standard InChI is InChI=1S/C15H19N3O2/c1-20-13-4-2-3-12(9-13)14(10-16)18-7-5-11(6-8-18)15(17)19/h2-4,9,11,14H,5-8H2,1H3,(H2,17,19). The number of rotatable bonds is 4. The highest BCUT2D eigenvalue weighted by molar-refractivity contribution is 5.76. The molecule has 0 spiro atoms. The molecule has 1 amide bonds. The van der Waals surface area contributed by atoms with Gasteiger partial charge < -0.3 is 10.5 Å². The number of nitrogens with zero attached hydrogens (tertiary/aromatic N) is 2. The summed E-state index contributed by atoms with van der Waals surface area (Å²) in [6.07, 6.45) is 1.44. The molecule has 1 saturated heterocycles. The highest BCUT2D eigenvalue weighted by Gasteiger charge is 2.28. The van der Waals surface area contributed by atoms with Crippen LogP contribution < -0.4 is 10.5 Å². The fourth-order valence-electron chi connectivity index (χ4n) is 2.62. The summed E-state index contributed by atoms with van der Waals surface area (Å²) in [6.45, 7) is 1.42. The molecule has 5 nitrogen and oxygen atoms in total. The minimum atomic E-state index is -0.307. The molecule has 1 aromatic carbocycles. The van der Waals surface area contributed by atoms with E-state index < -0.39 is 0 Å². The van der Waals surface area contributed by atoms with Crippen molar-refractivity contribution < 1.29 is 9.53 Å². The van der Waals surface area contributed by atoms with Gasteiger partial charge in [-0.15, -0.1) is 0 Å². The molecular weight excluding hydrogens is 254 g/mol. The van der Waals surface area contributed by atoms with Gasteiger partial charge >= 0.3 is 0 Å². The molecule has 2 rings (SSSR count). The molecule has 1 aromatic rings. The van der Waals surface area contributed by atoms with Crippen LogP contribution in [0, 0.1) is 17.2 Å². The molecular formula is C15H19N3O2. The van der Waals surface area contributed by atoms with E-state index >= 15 is 0 Å². The molecule has 2 N–H and O–H groups in total. The quantitative estimate of drug-likeness (QED) is 0.900. The lowest BCUT2D eigenvalue weighted by molar-refractivity contribution is -0.123. The van der Waals surface area contributed by atoms with Gasteiger partial charge in [-0.05, 0) is 30.5 Å². The van der Waals surface area contributed by atoms with Crippen LogP contribution in [0.4, 0.5) is 0 Å². The SMILES string of the molecule is COc1cccc(C(C#N)N2CCC(C(N)=O)CC2)c1. The average Bonchev–Trinajstić information content (AvgIpc) is 2.49. The lowest BCUT2D eigenvalue weighted by atomic mass is 9.94. The largest absolute Gasteiger partial charge is 0.497 e. The zero-order valence-electron chi connectivity index (χ0n) is 11.6. The van der Waals surface area contributed by atoms with Crippen molar-refractivity contribution in [3.8, 4) is 11.8 Å². The summed E-state index contributed by atoms with van der Waals surface area (Å²) in [7, 11) is 1.61. The number of carbonyl (C=O) groups is 1. The molecule has 1 fully saturated rings. The van der Waals surface area contributed by atoms with Gasteiger partial charge in [0.25, 0.3) is 0 Å². The number of amides is 1. The first kappa shape index (κ1) is 14.4. The molecule has 1 aliphatic rings. The minimum absolute atomic E-state index is 0.0593. The molecule has 5 heteroatoms. The number of nitriles is 1. The number of piperidine rings is 1. The molecule has 1 atom stereocenters. The Hall–Kier alpha value is -2.06. The van der Waals surface area contributed by atoms with E-state index in [0.717, 1.165) is 24.2 Å². The van der Waals surface area contributed by atoms with E-state index in [2.05, 4.69) is 11.0 Å². The summed E-state index contributed by atoms with van der Waals surface area (Å²) in [5.74, 6) is 0.449. The molecule has 0 saturated carbocycles. The lowest BCUT2D eigenvalue weighted by Gasteiger charge is -2.33. The number of primary amides is 1. The molecule has 20 heavy (non-hydrogen) atoms. The molecule has 106 valence electrons. The Bertz CT molecular complexity index is 516. The van der Waals surface area contributed by atoms with E-state index in [1.807, 2.05) is 24.3 Å². The van der Waals surface area contributed by atoms with Gasteiger partial charge in [0.05, 0.1) is 13.2 Å². The third-order valence-electron chi connectivity index (χ3n) is 3.83. The number of carbonyl (C=O) groups excluding carboxylic acids is 1. The second kappa shape index (κ2) is 6.40. The Balaban J connectivity index is 2.10. The fraction of sp³-hybridized carbons (Fsp3) is 0.467. The molecule has 1 aliphatic heterocycles. The van der Waals surface area contributed by atoms with E-state index in [9.17, 15) is 10.1 Å². The van der Waals surface area contributed by atoms with Gasteiger partial charge in [-0.2, -0.15) is 5.26 Å². The molecule has 1 heterocycles. The monoisotopic (exact) mass is 273 g/mol. The predicted molar refractivity (Wildman–Crippen MR) is 74.8 cm³/mol. The molecule has 0 bridgehead atoms. The topological polar surface area (TPSA) is 79.3 Å². The van der Waals surface area contributed by atoms with E-state index in [1.165, 1.54) is 0 Å². The minimum Gasteiger partial charge on any atom is -0.497 e. The number of likely N-dealkylation sites (tertiary alicyclic amines) is 1. The third-order valence-corrected chi connectivity index (χ3v) is 3.83. The molecule has 1 unspecified atom stereocenters. The Labute approximate surface area is 118 Å². The van der Waals surface area contributed by atoms with Crippen molar-refractivity contribution >= 4 is 5.91 Å². The zero-order valence-corrected chi connectivity index (χ0v) is 11.6. The summed E-state index contributed by atoms with van der Waals surface area (Å²) in [4.78, 5) is 13.3. The number of nitrogens with two attached hydrogens (primary N) is 1. The summed E-state index contributed by atoms with van der Waals surface area (Å²) < 4.78 is 5.20. The van der Waals surface area contributed by atoms with Gasteiger partial charge in [0.15, 0.2) is 0 Å². The smallest absolute Gasteiger partial charge is 0.220 e. The average molecular weight is 273 g/mol. The highest BCUT2D eigenvalue weighted by atomic mass is 16.5. The maximum atomic E-state index is 11.2. The molecule has 0 aromatic heterocycles. The van der Waals surface area contributed by atoms with Crippen molar-refractivity contribution in [3.05, 3.63) is 29.8 Å². The number of hydrogen-bond acceptors (Lipinski definition) is 4. The van der Waals surface area contributed by atoms with Crippen LogP contribution in [0.15, 0.2) is 24.3 Å². The van der Waals surface area contributed by atoms with E-state index in [1.54, 1.807) is 7.11 Å². The summed E-state index contributed by atoms with van der Waals surface area (Å²) in [5, 5.41) is 9.45. The first-order chi connectivity index (χ1) is 9.65. The number of benzene rings is 1. The summed E-state index contributed by atoms with van der Waals surface area (Å²) in [5.41, 5.74) is 6.25. The van der Waals surface area contributed by atoms with Gasteiger partial charge in [-0.3, -0.25) is 9.69 Å². The zero-order chi connectivity index (χ0) is 14.5. The Morgan fingerprint density at radius 2 is 2.20 bits per heavy atom. The lowest BCUT2D eigenvalue weighted by Crippen LogP contribution is -2.40. The number of methoxy groups -OCH3 is 1. The Morgan fingerprint density at radius 1 is 1.50 bits per heavy atom. The summed E-state index contributed by atoms with van der Waals surface area (Å²) in [6, 6.07) is 9.58. The Morgan fingerprint density at radius 3 is 2.75 bits per heavy atom. The normalized spacial score (nSPS) is 18.2. The maximum Gasteiger partial charge on any atom is 0.220 e. The van der Waals surface area contributed by atoms with E-state index in [0.29, 0.717) is 13.1 Å². The van der Waals surface area contributed by atoms with Crippen LogP contribution in [-0.2, 0) is 4.79 Å². The van der Waals surface area contributed by atoms with Crippen molar-refractivity contribution in [2.75, 3.05) is 20.2 Å². The predicted octanol–water partition coefficient (Wildman–Crippen LogP) is 1.46. The van der Waals surface area contributed by atoms with Crippen molar-refractivity contribution in [2.24, 2.45) is 11.7 Å². The Kier molecular flexibility index (Phi) is 4.59. The van der Waals surface area contributed by atoms with Crippen LogP contribution in [0.2, 0.25) is 0 Å². The number of ether oxygens (including phenoxy) is 1. The first-order valence-corrected chi connectivity index (χ1v) is 6.72. The second-order valence-electron chi connectivity index (χ2n) is 5.02. The third kappa shape index (κ3) is 3.09. The highest BCUT2D eigenvalue weighted by Crippen LogP contribution is 2.28. The van der Waals surface area contributed by atoms with Gasteiger partial charge in [-0.1, -0.05) is 12.1 Å². The second-order valence-corrected chi connectivity index (χ2v) is 5.02. The fourth-order valence-corrected chi connectivity index (χ4v) is 2.62. The van der Waals surface area contributed by atoms with E-state index in [4.69, 9.17) is 10.5 Å². The van der Waals surface area contributed by atoms with Crippen molar-refractivity contribution in [1.29, 1.82) is 5.26 Å². The van der Waals surface area contributed by atoms with Gasteiger partial charge in [0.2, 0.25) is 5.91 Å². The van der Waals surface area contributed by atoms with E-state index in [-0.39, 0.29) is 17.9 Å². The van der Waals surface area contributed by atoms with Crippen molar-refractivity contribution in [3.63, 3.8) is 0 Å². The van der Waals surface area contributed by atoms with Crippen LogP contribution in [0.3, 0.4) is 0 Å². The summed E-state index contributed by atoms with van der Waals surface area (Å²) >= 11 is 0. The van der Waals surface area contributed by atoms with Crippen LogP contribution in [0.5, 0.6) is 5.75 Å². The maximum absolute atomic E-state index is 11.2. The van der Waals surface area contributed by atoms with Crippen LogP contribution >= 0.6 is 0 Å². The first-order valence-electron chi connectivity index (χ1n) is 6.72. The molecule has 0 radical (unpaired) electrons. The van der Waals surface area contributed by atoms with Crippen LogP contribution in [-0.4, -0.2) is 31.0 Å². The van der Waals surface area contributed by atoms with Gasteiger partial charge in [0.1, 0.15) is 11.8 Å². The van der Waals surface area contributed by atoms with Crippen LogP contribution in [0.25, 0.3) is 0 Å². The van der Waals surface area contributed by atoms with Gasteiger partial charge in [-0.25, -0.2) is 0 Å². The van der Waals surface area contributed by atoms with Crippen molar-refractivity contribution in [2.45, 2.75) is 18.9 Å². The van der Waals surface area contributed by atoms with Crippen LogP contribution in [0.1, 0.15) is 24.4 Å².